The standard InChI is InChI=1S/C17H32N2O2/c1-2-3-4-5-6-7-8-9-10-11-16(21)17-18-12-13-19(17)14-15-20/h20H,2-15H2,1H3. The fourth-order valence-corrected chi connectivity index (χ4v) is 2.79. The van der Waals surface area contributed by atoms with Crippen molar-refractivity contribution in [1.29, 1.82) is 0 Å². The first kappa shape index (κ1) is 18.1. The average Bonchev–Trinajstić information content (AvgIpc) is 2.94. The van der Waals surface area contributed by atoms with Gasteiger partial charge >= 0.3 is 0 Å². The zero-order valence-electron chi connectivity index (χ0n) is 13.6. The molecule has 0 saturated heterocycles. The molecule has 0 radical (unpaired) electrons. The van der Waals surface area contributed by atoms with Crippen molar-refractivity contribution < 1.29 is 9.90 Å². The van der Waals surface area contributed by atoms with Crippen LogP contribution in [0, 0.1) is 0 Å². The molecule has 0 bridgehead atoms. The van der Waals surface area contributed by atoms with Gasteiger partial charge in [-0.3, -0.25) is 9.79 Å². The Hall–Kier alpha value is -0.900. The molecule has 1 aliphatic rings. The average molecular weight is 296 g/mol. The highest BCUT2D eigenvalue weighted by atomic mass is 16.3. The van der Waals surface area contributed by atoms with Crippen LogP contribution in [0.5, 0.6) is 0 Å². The van der Waals surface area contributed by atoms with E-state index < -0.39 is 0 Å². The van der Waals surface area contributed by atoms with Crippen LogP contribution in [0.4, 0.5) is 0 Å². The molecule has 0 amide bonds. The first-order valence-electron chi connectivity index (χ1n) is 8.73. The van der Waals surface area contributed by atoms with Crippen molar-refractivity contribution in [3.63, 3.8) is 0 Å². The third-order valence-corrected chi connectivity index (χ3v) is 4.06. The number of ketones is 1. The van der Waals surface area contributed by atoms with E-state index in [2.05, 4.69) is 11.9 Å². The number of nitrogens with zero attached hydrogens (tertiary/aromatic N) is 2. The van der Waals surface area contributed by atoms with Crippen molar-refractivity contribution in [1.82, 2.24) is 4.90 Å². The van der Waals surface area contributed by atoms with Crippen molar-refractivity contribution >= 4 is 11.6 Å². The Balaban J connectivity index is 2.01. The molecule has 0 aromatic carbocycles. The zero-order chi connectivity index (χ0) is 15.3. The minimum atomic E-state index is 0.0876. The van der Waals surface area contributed by atoms with E-state index in [1.54, 1.807) is 0 Å². The van der Waals surface area contributed by atoms with Crippen molar-refractivity contribution in [2.45, 2.75) is 71.1 Å². The molecular formula is C17H32N2O2. The largest absolute Gasteiger partial charge is 0.395 e. The van der Waals surface area contributed by atoms with Gasteiger partial charge in [0.15, 0.2) is 11.6 Å². The van der Waals surface area contributed by atoms with Gasteiger partial charge in [-0.25, -0.2) is 0 Å². The number of Topliss-reactive ketones (excluding diaryl/α,β-unsaturated/α-hetero) is 1. The highest BCUT2D eigenvalue weighted by molar-refractivity contribution is 6.39. The molecule has 1 rings (SSSR count). The molecule has 122 valence electrons. The predicted octanol–water partition coefficient (Wildman–Crippen LogP) is 3.18. The first-order valence-corrected chi connectivity index (χ1v) is 8.73. The molecule has 1 aliphatic heterocycles. The van der Waals surface area contributed by atoms with Crippen molar-refractivity contribution in [3.05, 3.63) is 0 Å². The van der Waals surface area contributed by atoms with Gasteiger partial charge in [-0.05, 0) is 6.42 Å². The maximum atomic E-state index is 12.1. The van der Waals surface area contributed by atoms with E-state index in [1.165, 1.54) is 44.9 Å². The van der Waals surface area contributed by atoms with Crippen LogP contribution in [0.1, 0.15) is 71.1 Å². The van der Waals surface area contributed by atoms with Crippen LogP contribution in [-0.4, -0.2) is 47.9 Å². The number of aliphatic hydroxyl groups is 1. The number of β-amino-alcohol motifs (C(OH)–C–C–N with tert-alkyl or cyclic N) is 1. The number of carbonyl (C=O) groups excluding carboxylic acids is 1. The molecule has 1 heterocycles. The molecular weight excluding hydrogens is 264 g/mol. The smallest absolute Gasteiger partial charge is 0.197 e. The Morgan fingerprint density at radius 3 is 2.33 bits per heavy atom. The van der Waals surface area contributed by atoms with Crippen molar-refractivity contribution in [2.24, 2.45) is 4.99 Å². The van der Waals surface area contributed by atoms with Gasteiger partial charge in [-0.1, -0.05) is 58.3 Å². The molecule has 1 N–H and O–H groups in total. The summed E-state index contributed by atoms with van der Waals surface area (Å²) in [6.07, 6.45) is 12.0. The number of carbonyl (C=O) groups is 1. The van der Waals surface area contributed by atoms with E-state index in [-0.39, 0.29) is 12.4 Å². The van der Waals surface area contributed by atoms with Gasteiger partial charge in [0.25, 0.3) is 0 Å². The summed E-state index contributed by atoms with van der Waals surface area (Å²) in [5.74, 6) is 0.757. The summed E-state index contributed by atoms with van der Waals surface area (Å²) < 4.78 is 0. The summed E-state index contributed by atoms with van der Waals surface area (Å²) in [6, 6.07) is 0. The third kappa shape index (κ3) is 7.60. The van der Waals surface area contributed by atoms with Crippen LogP contribution in [-0.2, 0) is 4.79 Å². The molecule has 0 saturated carbocycles. The van der Waals surface area contributed by atoms with Crippen LogP contribution >= 0.6 is 0 Å². The lowest BCUT2D eigenvalue weighted by Crippen LogP contribution is -2.35. The number of rotatable bonds is 13. The molecule has 4 nitrogen and oxygen atoms in total. The highest BCUT2D eigenvalue weighted by Gasteiger charge is 2.22. The van der Waals surface area contributed by atoms with Gasteiger partial charge in [-0.2, -0.15) is 0 Å². The van der Waals surface area contributed by atoms with Gasteiger partial charge in [0.1, 0.15) is 0 Å². The lowest BCUT2D eigenvalue weighted by Gasteiger charge is -2.17. The second kappa shape index (κ2) is 11.7. The Kier molecular flexibility index (Phi) is 10.1. The molecule has 0 aromatic rings. The van der Waals surface area contributed by atoms with E-state index >= 15 is 0 Å². The summed E-state index contributed by atoms with van der Waals surface area (Å²) in [4.78, 5) is 18.3. The molecule has 0 fully saturated rings. The maximum absolute atomic E-state index is 12.1. The second-order valence-corrected chi connectivity index (χ2v) is 5.92. The summed E-state index contributed by atoms with van der Waals surface area (Å²) in [7, 11) is 0. The lowest BCUT2D eigenvalue weighted by molar-refractivity contribution is -0.113. The summed E-state index contributed by atoms with van der Waals surface area (Å²) >= 11 is 0. The summed E-state index contributed by atoms with van der Waals surface area (Å²) in [6.45, 7) is 4.33. The van der Waals surface area contributed by atoms with Gasteiger partial charge in [0.2, 0.25) is 0 Å². The Morgan fingerprint density at radius 2 is 1.71 bits per heavy atom. The molecule has 0 aromatic heterocycles. The van der Waals surface area contributed by atoms with E-state index in [4.69, 9.17) is 5.11 Å². The van der Waals surface area contributed by atoms with Gasteiger partial charge in [0.05, 0.1) is 13.2 Å². The number of unbranched alkanes of at least 4 members (excludes halogenated alkanes) is 8. The van der Waals surface area contributed by atoms with Gasteiger partial charge in [-0.15, -0.1) is 0 Å². The fourth-order valence-electron chi connectivity index (χ4n) is 2.79. The SMILES string of the molecule is CCCCCCCCCCCC(=O)C1=NCCN1CCO. The Labute approximate surface area is 129 Å². The van der Waals surface area contributed by atoms with Gasteiger partial charge in [0, 0.05) is 19.5 Å². The lowest BCUT2D eigenvalue weighted by atomic mass is 10.1. The highest BCUT2D eigenvalue weighted by Crippen LogP contribution is 2.12. The third-order valence-electron chi connectivity index (χ3n) is 4.06. The molecule has 0 aliphatic carbocycles. The van der Waals surface area contributed by atoms with E-state index in [0.717, 1.165) is 19.4 Å². The van der Waals surface area contributed by atoms with Crippen molar-refractivity contribution in [3.8, 4) is 0 Å². The minimum absolute atomic E-state index is 0.0876. The van der Waals surface area contributed by atoms with E-state index in [9.17, 15) is 4.79 Å². The number of aliphatic hydroxyl groups excluding tert-OH is 1. The fraction of sp³-hybridized carbons (Fsp3) is 0.882. The number of aliphatic imine (C=N–C) groups is 1. The quantitative estimate of drug-likeness (QED) is 0.531. The monoisotopic (exact) mass is 296 g/mol. The predicted molar refractivity (Wildman–Crippen MR) is 87.8 cm³/mol. The number of hydrogen-bond donors (Lipinski definition) is 1. The Bertz CT molecular complexity index is 316. The van der Waals surface area contributed by atoms with Crippen molar-refractivity contribution in [2.75, 3.05) is 26.2 Å². The number of amidine groups is 1. The first-order chi connectivity index (χ1) is 10.3. The summed E-state index contributed by atoms with van der Waals surface area (Å²) in [5, 5.41) is 8.97. The topological polar surface area (TPSA) is 52.9 Å². The summed E-state index contributed by atoms with van der Waals surface area (Å²) in [5.41, 5.74) is 0. The van der Waals surface area contributed by atoms with Crippen LogP contribution in [0.25, 0.3) is 0 Å². The zero-order valence-corrected chi connectivity index (χ0v) is 13.6. The molecule has 0 atom stereocenters. The molecule has 0 spiro atoms. The molecule has 21 heavy (non-hydrogen) atoms. The van der Waals surface area contributed by atoms with E-state index in [0.29, 0.717) is 25.3 Å². The maximum Gasteiger partial charge on any atom is 0.197 e. The molecule has 4 heteroatoms. The number of hydrogen-bond acceptors (Lipinski definition) is 4. The minimum Gasteiger partial charge on any atom is -0.395 e. The van der Waals surface area contributed by atoms with Gasteiger partial charge < -0.3 is 10.0 Å². The van der Waals surface area contributed by atoms with Crippen LogP contribution in [0.3, 0.4) is 0 Å². The Morgan fingerprint density at radius 1 is 1.10 bits per heavy atom. The second-order valence-electron chi connectivity index (χ2n) is 5.92. The van der Waals surface area contributed by atoms with Crippen LogP contribution < -0.4 is 0 Å². The molecule has 0 unspecified atom stereocenters. The normalized spacial score (nSPS) is 14.6. The van der Waals surface area contributed by atoms with E-state index in [1.807, 2.05) is 4.90 Å². The van der Waals surface area contributed by atoms with Crippen LogP contribution in [0.2, 0.25) is 0 Å². The van der Waals surface area contributed by atoms with Crippen LogP contribution in [0.15, 0.2) is 4.99 Å².